The van der Waals surface area contributed by atoms with Gasteiger partial charge in [-0.2, -0.15) is 4.68 Å². The summed E-state index contributed by atoms with van der Waals surface area (Å²) < 4.78 is 1.79. The average Bonchev–Trinajstić information content (AvgIpc) is 3.05. The van der Waals surface area contributed by atoms with E-state index in [4.69, 9.17) is 0 Å². The van der Waals surface area contributed by atoms with Gasteiger partial charge in [-0.05, 0) is 47.9 Å². The van der Waals surface area contributed by atoms with Crippen LogP contribution < -0.4 is 0 Å². The Morgan fingerprint density at radius 3 is 2.65 bits per heavy atom. The molecule has 1 aromatic carbocycles. The Bertz CT molecular complexity index is 703. The summed E-state index contributed by atoms with van der Waals surface area (Å²) >= 11 is 0. The van der Waals surface area contributed by atoms with E-state index in [0.717, 1.165) is 42.8 Å². The summed E-state index contributed by atoms with van der Waals surface area (Å²) in [4.78, 5) is 13.9. The molecule has 1 amide bonds. The van der Waals surface area contributed by atoms with Crippen LogP contribution in [0.25, 0.3) is 5.69 Å². The van der Waals surface area contributed by atoms with Gasteiger partial charge in [0, 0.05) is 14.0 Å². The number of hydrogen-bond acceptors (Lipinski definition) is 4. The molecule has 0 N–H and O–H groups in total. The van der Waals surface area contributed by atoms with Crippen LogP contribution in [0.2, 0.25) is 0 Å². The molecule has 1 saturated carbocycles. The van der Waals surface area contributed by atoms with Crippen molar-refractivity contribution in [3.05, 3.63) is 35.7 Å². The van der Waals surface area contributed by atoms with Gasteiger partial charge < -0.3 is 4.90 Å². The Balaban J connectivity index is 2.11. The molecule has 6 nitrogen and oxygen atoms in total. The third-order valence-electron chi connectivity index (χ3n) is 4.93. The SMILES string of the molecule is CC(=O)N(C)C1(c2nnnn2-c2cccc(C)c2)CCCCC1. The van der Waals surface area contributed by atoms with Crippen LogP contribution in [-0.2, 0) is 10.3 Å². The third-order valence-corrected chi connectivity index (χ3v) is 4.93. The Morgan fingerprint density at radius 1 is 1.26 bits per heavy atom. The quantitative estimate of drug-likeness (QED) is 0.874. The molecule has 0 unspecified atom stereocenters. The van der Waals surface area contributed by atoms with Gasteiger partial charge in [-0.15, -0.1) is 5.10 Å². The van der Waals surface area contributed by atoms with Crippen LogP contribution in [0.5, 0.6) is 0 Å². The number of carbonyl (C=O) groups excluding carboxylic acids is 1. The zero-order valence-corrected chi connectivity index (χ0v) is 14.0. The van der Waals surface area contributed by atoms with Gasteiger partial charge in [0.25, 0.3) is 0 Å². The first kappa shape index (κ1) is 15.6. The summed E-state index contributed by atoms with van der Waals surface area (Å²) in [5, 5.41) is 12.5. The Morgan fingerprint density at radius 2 is 2.00 bits per heavy atom. The second kappa shape index (κ2) is 6.10. The molecule has 0 saturated heterocycles. The van der Waals surface area contributed by atoms with E-state index in [9.17, 15) is 4.79 Å². The maximum absolute atomic E-state index is 12.1. The van der Waals surface area contributed by atoms with Crippen molar-refractivity contribution >= 4 is 5.91 Å². The number of nitrogens with zero attached hydrogens (tertiary/aromatic N) is 5. The Hall–Kier alpha value is -2.24. The van der Waals surface area contributed by atoms with Crippen LogP contribution in [0.4, 0.5) is 0 Å². The fraction of sp³-hybridized carbons (Fsp3) is 0.529. The molecule has 0 atom stereocenters. The number of carbonyl (C=O) groups is 1. The van der Waals surface area contributed by atoms with Crippen LogP contribution in [-0.4, -0.2) is 38.1 Å². The van der Waals surface area contributed by atoms with Crippen molar-refractivity contribution in [3.63, 3.8) is 0 Å². The molecule has 0 aliphatic heterocycles. The minimum Gasteiger partial charge on any atom is -0.333 e. The van der Waals surface area contributed by atoms with Crippen molar-refractivity contribution in [2.45, 2.75) is 51.5 Å². The maximum atomic E-state index is 12.1. The zero-order valence-electron chi connectivity index (χ0n) is 14.0. The van der Waals surface area contributed by atoms with Crippen LogP contribution in [0.3, 0.4) is 0 Å². The molecule has 122 valence electrons. The van der Waals surface area contributed by atoms with E-state index in [2.05, 4.69) is 21.6 Å². The molecule has 6 heteroatoms. The van der Waals surface area contributed by atoms with Gasteiger partial charge in [0.1, 0.15) is 5.54 Å². The van der Waals surface area contributed by atoms with E-state index < -0.39 is 5.54 Å². The summed E-state index contributed by atoms with van der Waals surface area (Å²) in [6, 6.07) is 8.10. The monoisotopic (exact) mass is 313 g/mol. The number of hydrogen-bond donors (Lipinski definition) is 0. The van der Waals surface area contributed by atoms with Gasteiger partial charge in [0.05, 0.1) is 5.69 Å². The molecular weight excluding hydrogens is 290 g/mol. The van der Waals surface area contributed by atoms with Crippen LogP contribution in [0.15, 0.2) is 24.3 Å². The Kier molecular flexibility index (Phi) is 4.15. The zero-order chi connectivity index (χ0) is 16.4. The number of aryl methyl sites for hydroxylation is 1. The van der Waals surface area contributed by atoms with Gasteiger partial charge in [-0.25, -0.2) is 0 Å². The minimum atomic E-state index is -0.419. The first-order chi connectivity index (χ1) is 11.0. The standard InChI is InChI=1S/C17H23N5O/c1-13-8-7-9-15(12-13)22-16(18-19-20-22)17(21(3)14(2)23)10-5-4-6-11-17/h7-9,12H,4-6,10-11H2,1-3H3. The second-order valence-electron chi connectivity index (χ2n) is 6.42. The minimum absolute atomic E-state index is 0.0469. The highest BCUT2D eigenvalue weighted by atomic mass is 16.2. The smallest absolute Gasteiger partial charge is 0.220 e. The Labute approximate surface area is 136 Å². The van der Waals surface area contributed by atoms with E-state index >= 15 is 0 Å². The van der Waals surface area contributed by atoms with E-state index in [-0.39, 0.29) is 5.91 Å². The molecule has 23 heavy (non-hydrogen) atoms. The van der Waals surface area contributed by atoms with Crippen molar-refractivity contribution in [2.24, 2.45) is 0 Å². The molecule has 1 aliphatic rings. The molecule has 1 fully saturated rings. The lowest BCUT2D eigenvalue weighted by atomic mass is 9.79. The lowest BCUT2D eigenvalue weighted by Gasteiger charge is -2.42. The van der Waals surface area contributed by atoms with Crippen molar-refractivity contribution in [1.82, 2.24) is 25.1 Å². The van der Waals surface area contributed by atoms with E-state index in [1.165, 1.54) is 6.42 Å². The van der Waals surface area contributed by atoms with Crippen molar-refractivity contribution in [3.8, 4) is 5.69 Å². The summed E-state index contributed by atoms with van der Waals surface area (Å²) in [7, 11) is 1.86. The normalized spacial score (nSPS) is 17.0. The highest BCUT2D eigenvalue weighted by molar-refractivity contribution is 5.74. The maximum Gasteiger partial charge on any atom is 0.220 e. The van der Waals surface area contributed by atoms with Gasteiger partial charge >= 0.3 is 0 Å². The second-order valence-corrected chi connectivity index (χ2v) is 6.42. The van der Waals surface area contributed by atoms with Gasteiger partial charge in [0.15, 0.2) is 5.82 Å². The first-order valence-corrected chi connectivity index (χ1v) is 8.15. The summed E-state index contributed by atoms with van der Waals surface area (Å²) in [5.74, 6) is 0.811. The number of benzene rings is 1. The van der Waals surface area contributed by atoms with Gasteiger partial charge in [-0.3, -0.25) is 4.79 Å². The van der Waals surface area contributed by atoms with Crippen molar-refractivity contribution in [2.75, 3.05) is 7.05 Å². The molecule has 1 aliphatic carbocycles. The third kappa shape index (κ3) is 2.73. The topological polar surface area (TPSA) is 63.9 Å². The first-order valence-electron chi connectivity index (χ1n) is 8.15. The van der Waals surface area contributed by atoms with Gasteiger partial charge in [-0.1, -0.05) is 31.4 Å². The van der Waals surface area contributed by atoms with Crippen molar-refractivity contribution in [1.29, 1.82) is 0 Å². The van der Waals surface area contributed by atoms with E-state index in [1.54, 1.807) is 11.6 Å². The average molecular weight is 313 g/mol. The summed E-state index contributed by atoms with van der Waals surface area (Å²) in [5.41, 5.74) is 1.67. The molecule has 0 bridgehead atoms. The molecule has 0 radical (unpaired) electrons. The van der Waals surface area contributed by atoms with Gasteiger partial charge in [0.2, 0.25) is 5.91 Å². The molecule has 0 spiro atoms. The number of rotatable bonds is 3. The molecule has 1 heterocycles. The van der Waals surface area contributed by atoms with Crippen LogP contribution in [0.1, 0.15) is 50.4 Å². The molecular formula is C17H23N5O. The predicted octanol–water partition coefficient (Wildman–Crippen LogP) is 2.61. The lowest BCUT2D eigenvalue weighted by Crippen LogP contribution is -2.49. The highest BCUT2D eigenvalue weighted by Gasteiger charge is 2.43. The number of amides is 1. The predicted molar refractivity (Wildman–Crippen MR) is 87.1 cm³/mol. The summed E-state index contributed by atoms with van der Waals surface area (Å²) in [6.45, 7) is 3.66. The number of aromatic nitrogens is 4. The molecule has 1 aromatic heterocycles. The lowest BCUT2D eigenvalue weighted by molar-refractivity contribution is -0.135. The summed E-state index contributed by atoms with van der Waals surface area (Å²) in [6.07, 6.45) is 5.15. The molecule has 3 rings (SSSR count). The fourth-order valence-electron chi connectivity index (χ4n) is 3.56. The fourth-order valence-corrected chi connectivity index (χ4v) is 3.56. The van der Waals surface area contributed by atoms with Crippen LogP contribution in [0, 0.1) is 6.92 Å². The van der Waals surface area contributed by atoms with E-state index in [0.29, 0.717) is 0 Å². The van der Waals surface area contributed by atoms with Crippen molar-refractivity contribution < 1.29 is 4.79 Å². The van der Waals surface area contributed by atoms with Crippen LogP contribution >= 0.6 is 0 Å². The highest BCUT2D eigenvalue weighted by Crippen LogP contribution is 2.41. The van der Waals surface area contributed by atoms with E-state index in [1.807, 2.05) is 37.1 Å². The largest absolute Gasteiger partial charge is 0.333 e. The molecule has 2 aromatic rings. The number of tetrazole rings is 1.